The van der Waals surface area contributed by atoms with Crippen molar-refractivity contribution in [3.05, 3.63) is 0 Å². The van der Waals surface area contributed by atoms with E-state index in [0.29, 0.717) is 0 Å². The van der Waals surface area contributed by atoms with E-state index in [4.69, 9.17) is 0 Å². The third-order valence-corrected chi connectivity index (χ3v) is 3.65. The molecule has 1 nitrogen and oxygen atoms in total. The minimum atomic E-state index is 0.807. The van der Waals surface area contributed by atoms with E-state index in [2.05, 4.69) is 31.4 Å². The zero-order chi connectivity index (χ0) is 10.4. The van der Waals surface area contributed by atoms with Crippen LogP contribution in [0.2, 0.25) is 0 Å². The van der Waals surface area contributed by atoms with Crippen molar-refractivity contribution in [1.82, 2.24) is 4.90 Å². The summed E-state index contributed by atoms with van der Waals surface area (Å²) < 4.78 is 0. The first kappa shape index (κ1) is 12.4. The molecule has 0 aliphatic heterocycles. The molecule has 14 heavy (non-hydrogen) atoms. The molecule has 0 spiro atoms. The van der Waals surface area contributed by atoms with Crippen LogP contribution in [0.4, 0.5) is 0 Å². The number of hydrogen-bond acceptors (Lipinski definition) is 2. The third kappa shape index (κ3) is 4.70. The molecule has 0 heterocycles. The molecular weight excluding hydrogens is 190 g/mol. The van der Waals surface area contributed by atoms with Gasteiger partial charge in [0.1, 0.15) is 0 Å². The molecule has 0 radical (unpaired) electrons. The number of rotatable bonds is 8. The molecule has 0 aromatic rings. The topological polar surface area (TPSA) is 3.24 Å². The van der Waals surface area contributed by atoms with E-state index in [1.165, 1.54) is 45.3 Å². The highest BCUT2D eigenvalue weighted by atomic mass is 32.1. The Morgan fingerprint density at radius 2 is 2.07 bits per heavy atom. The Morgan fingerprint density at radius 3 is 2.50 bits per heavy atom. The maximum absolute atomic E-state index is 4.44. The maximum Gasteiger partial charge on any atom is 0.00175 e. The Balaban J connectivity index is 2.20. The Hall–Kier alpha value is 0.310. The molecule has 1 aliphatic rings. The van der Waals surface area contributed by atoms with E-state index in [1.54, 1.807) is 0 Å². The molecule has 1 aliphatic carbocycles. The minimum Gasteiger partial charge on any atom is -0.303 e. The summed E-state index contributed by atoms with van der Waals surface area (Å²) in [5.74, 6) is 2.88. The molecule has 1 fully saturated rings. The highest BCUT2D eigenvalue weighted by Crippen LogP contribution is 2.30. The normalized spacial score (nSPS) is 18.9. The van der Waals surface area contributed by atoms with Crippen LogP contribution < -0.4 is 0 Å². The molecule has 0 aromatic heterocycles. The molecule has 0 bridgehead atoms. The summed E-state index contributed by atoms with van der Waals surface area (Å²) in [6, 6.07) is 0. The predicted octanol–water partition coefficient (Wildman–Crippen LogP) is 3.06. The molecule has 0 saturated heterocycles. The fraction of sp³-hybridized carbons (Fsp3) is 1.00. The van der Waals surface area contributed by atoms with Crippen LogP contribution in [0.25, 0.3) is 0 Å². The second-order valence-corrected chi connectivity index (χ2v) is 5.00. The number of hydrogen-bond donors (Lipinski definition) is 1. The summed E-state index contributed by atoms with van der Waals surface area (Å²) in [5, 5.41) is 0. The van der Waals surface area contributed by atoms with Crippen LogP contribution in [0, 0.1) is 11.8 Å². The van der Waals surface area contributed by atoms with Gasteiger partial charge in [-0.3, -0.25) is 0 Å². The number of thiol groups is 1. The van der Waals surface area contributed by atoms with Crippen molar-refractivity contribution >= 4 is 12.6 Å². The van der Waals surface area contributed by atoms with Crippen LogP contribution in [0.15, 0.2) is 0 Å². The monoisotopic (exact) mass is 215 g/mol. The van der Waals surface area contributed by atoms with Gasteiger partial charge in [0, 0.05) is 13.1 Å². The third-order valence-electron chi connectivity index (χ3n) is 3.13. The summed E-state index contributed by atoms with van der Waals surface area (Å²) >= 11 is 4.44. The summed E-state index contributed by atoms with van der Waals surface area (Å²) in [6.07, 6.45) is 5.57. The molecular formula is C12H25NS. The standard InChI is InChI=1S/C12H25NS/c1-3-5-12(10-14)9-13(4-2)8-11-6-7-11/h11-12,14H,3-10H2,1-2H3. The molecule has 0 amide bonds. The smallest absolute Gasteiger partial charge is 0.00175 e. The summed E-state index contributed by atoms with van der Waals surface area (Å²) in [4.78, 5) is 2.62. The Morgan fingerprint density at radius 1 is 1.36 bits per heavy atom. The van der Waals surface area contributed by atoms with Gasteiger partial charge in [0.15, 0.2) is 0 Å². The van der Waals surface area contributed by atoms with E-state index in [-0.39, 0.29) is 0 Å². The minimum absolute atomic E-state index is 0.807. The molecule has 1 rings (SSSR count). The SMILES string of the molecule is CCCC(CS)CN(CC)CC1CC1. The van der Waals surface area contributed by atoms with Gasteiger partial charge in [-0.05, 0) is 43.4 Å². The average Bonchev–Trinajstić information content (AvgIpc) is 2.99. The van der Waals surface area contributed by atoms with Crippen molar-refractivity contribution in [2.75, 3.05) is 25.4 Å². The van der Waals surface area contributed by atoms with Gasteiger partial charge in [-0.25, -0.2) is 0 Å². The predicted molar refractivity (Wildman–Crippen MR) is 67.1 cm³/mol. The lowest BCUT2D eigenvalue weighted by Crippen LogP contribution is -2.32. The van der Waals surface area contributed by atoms with Crippen molar-refractivity contribution in [2.45, 2.75) is 39.5 Å². The number of nitrogens with zero attached hydrogens (tertiary/aromatic N) is 1. The lowest BCUT2D eigenvalue weighted by Gasteiger charge is -2.25. The highest BCUT2D eigenvalue weighted by molar-refractivity contribution is 7.80. The van der Waals surface area contributed by atoms with Crippen LogP contribution in [-0.2, 0) is 0 Å². The zero-order valence-electron chi connectivity index (χ0n) is 9.71. The highest BCUT2D eigenvalue weighted by Gasteiger charge is 2.24. The van der Waals surface area contributed by atoms with Gasteiger partial charge in [-0.15, -0.1) is 0 Å². The fourth-order valence-electron chi connectivity index (χ4n) is 2.01. The van der Waals surface area contributed by atoms with Gasteiger partial charge in [-0.2, -0.15) is 12.6 Å². The first-order valence-corrected chi connectivity index (χ1v) is 6.76. The van der Waals surface area contributed by atoms with E-state index >= 15 is 0 Å². The first-order valence-electron chi connectivity index (χ1n) is 6.13. The lowest BCUT2D eigenvalue weighted by molar-refractivity contribution is 0.235. The first-order chi connectivity index (χ1) is 6.80. The second-order valence-electron chi connectivity index (χ2n) is 4.63. The van der Waals surface area contributed by atoms with Crippen molar-refractivity contribution in [2.24, 2.45) is 11.8 Å². The van der Waals surface area contributed by atoms with E-state index in [9.17, 15) is 0 Å². The quantitative estimate of drug-likeness (QED) is 0.609. The van der Waals surface area contributed by atoms with Gasteiger partial charge < -0.3 is 4.90 Å². The Bertz CT molecular complexity index is 145. The van der Waals surface area contributed by atoms with Crippen molar-refractivity contribution in [3.63, 3.8) is 0 Å². The van der Waals surface area contributed by atoms with Crippen LogP contribution in [0.1, 0.15) is 39.5 Å². The van der Waals surface area contributed by atoms with Crippen molar-refractivity contribution < 1.29 is 0 Å². The van der Waals surface area contributed by atoms with Gasteiger partial charge in [0.2, 0.25) is 0 Å². The lowest BCUT2D eigenvalue weighted by atomic mass is 10.1. The van der Waals surface area contributed by atoms with Crippen molar-refractivity contribution in [3.8, 4) is 0 Å². The fourth-order valence-corrected chi connectivity index (χ4v) is 2.31. The average molecular weight is 215 g/mol. The summed E-state index contributed by atoms with van der Waals surface area (Å²) in [6.45, 7) is 8.37. The molecule has 84 valence electrons. The molecule has 0 aromatic carbocycles. The van der Waals surface area contributed by atoms with E-state index in [1.807, 2.05) is 0 Å². The van der Waals surface area contributed by atoms with Crippen LogP contribution in [0.3, 0.4) is 0 Å². The van der Waals surface area contributed by atoms with E-state index < -0.39 is 0 Å². The zero-order valence-corrected chi connectivity index (χ0v) is 10.6. The molecule has 1 atom stereocenters. The second kappa shape index (κ2) is 6.73. The van der Waals surface area contributed by atoms with Crippen LogP contribution >= 0.6 is 12.6 Å². The van der Waals surface area contributed by atoms with Gasteiger partial charge in [0.05, 0.1) is 0 Å². The van der Waals surface area contributed by atoms with Crippen molar-refractivity contribution in [1.29, 1.82) is 0 Å². The van der Waals surface area contributed by atoms with Gasteiger partial charge in [0.25, 0.3) is 0 Å². The van der Waals surface area contributed by atoms with Crippen LogP contribution in [0.5, 0.6) is 0 Å². The Labute approximate surface area is 94.7 Å². The molecule has 2 heteroatoms. The maximum atomic E-state index is 4.44. The molecule has 1 unspecified atom stereocenters. The van der Waals surface area contributed by atoms with Crippen LogP contribution in [-0.4, -0.2) is 30.3 Å². The summed E-state index contributed by atoms with van der Waals surface area (Å²) in [5.41, 5.74) is 0. The molecule has 0 N–H and O–H groups in total. The van der Waals surface area contributed by atoms with E-state index in [0.717, 1.165) is 17.6 Å². The molecule has 1 saturated carbocycles. The Kier molecular flexibility index (Phi) is 5.95. The largest absolute Gasteiger partial charge is 0.303 e. The summed E-state index contributed by atoms with van der Waals surface area (Å²) in [7, 11) is 0. The van der Waals surface area contributed by atoms with Gasteiger partial charge >= 0.3 is 0 Å². The van der Waals surface area contributed by atoms with Gasteiger partial charge in [-0.1, -0.05) is 20.3 Å².